The van der Waals surface area contributed by atoms with Crippen LogP contribution in [0.3, 0.4) is 0 Å². The van der Waals surface area contributed by atoms with E-state index in [4.69, 9.17) is 4.74 Å². The lowest BCUT2D eigenvalue weighted by molar-refractivity contribution is -0.125. The zero-order valence-corrected chi connectivity index (χ0v) is 19.8. The molecule has 2 aromatic rings. The zero-order chi connectivity index (χ0) is 24.7. The van der Waals surface area contributed by atoms with E-state index in [2.05, 4.69) is 10.6 Å². The summed E-state index contributed by atoms with van der Waals surface area (Å²) in [4.78, 5) is 40.5. The molecule has 0 aromatic heterocycles. The third kappa shape index (κ3) is 6.12. The number of nitrogens with zero attached hydrogens (tertiary/aromatic N) is 1. The Balaban J connectivity index is 1.70. The van der Waals surface area contributed by atoms with Gasteiger partial charge in [0, 0.05) is 24.7 Å². The predicted molar refractivity (Wildman–Crippen MR) is 127 cm³/mol. The highest BCUT2D eigenvalue weighted by atomic mass is 19.1. The first kappa shape index (κ1) is 25.2. The largest absolute Gasteiger partial charge is 0.497 e. The van der Waals surface area contributed by atoms with Crippen molar-refractivity contribution < 1.29 is 23.5 Å². The molecule has 3 rings (SSSR count). The number of nitrogens with one attached hydrogen (secondary N) is 2. The van der Waals surface area contributed by atoms with Gasteiger partial charge in [0.2, 0.25) is 5.91 Å². The Labute approximate surface area is 199 Å². The normalized spacial score (nSPS) is 15.8. The molecule has 2 aromatic carbocycles. The van der Waals surface area contributed by atoms with Crippen molar-refractivity contribution in [2.45, 2.75) is 45.2 Å². The summed E-state index contributed by atoms with van der Waals surface area (Å²) in [5.41, 5.74) is 0.467. The number of hydrogen-bond donors (Lipinski definition) is 2. The third-order valence-corrected chi connectivity index (χ3v) is 6.32. The van der Waals surface area contributed by atoms with E-state index < -0.39 is 17.8 Å². The molecule has 0 saturated carbocycles. The number of likely N-dealkylation sites (tertiary alicyclic amines) is 1. The number of rotatable bonds is 8. The van der Waals surface area contributed by atoms with Gasteiger partial charge in [0.15, 0.2) is 0 Å². The highest BCUT2D eigenvalue weighted by Gasteiger charge is 2.35. The summed E-state index contributed by atoms with van der Waals surface area (Å²) < 4.78 is 19.3. The second-order valence-corrected chi connectivity index (χ2v) is 8.61. The molecule has 1 aliphatic rings. The quantitative estimate of drug-likeness (QED) is 0.620. The molecule has 1 fully saturated rings. The van der Waals surface area contributed by atoms with Gasteiger partial charge >= 0.3 is 0 Å². The van der Waals surface area contributed by atoms with Crippen molar-refractivity contribution in [3.63, 3.8) is 0 Å². The number of piperidine rings is 1. The van der Waals surface area contributed by atoms with Crippen LogP contribution in [-0.4, -0.2) is 54.9 Å². The van der Waals surface area contributed by atoms with Crippen LogP contribution in [-0.2, 0) is 4.79 Å². The average Bonchev–Trinajstić information content (AvgIpc) is 2.87. The SMILES string of the molecule is CC[C@@H](C)NC(=O)[C@H](NC(=O)c1ccccc1F)C1CCN(C(=O)c2ccc(OC)cc2)CC1. The lowest BCUT2D eigenvalue weighted by Gasteiger charge is -2.36. The maximum absolute atomic E-state index is 14.1. The number of amides is 3. The molecule has 1 heterocycles. The maximum atomic E-state index is 14.1. The van der Waals surface area contributed by atoms with Gasteiger partial charge in [-0.15, -0.1) is 0 Å². The molecule has 7 nitrogen and oxygen atoms in total. The van der Waals surface area contributed by atoms with Crippen LogP contribution in [0.15, 0.2) is 48.5 Å². The topological polar surface area (TPSA) is 87.7 Å². The predicted octanol–water partition coefficient (Wildman–Crippen LogP) is 3.40. The molecular weight excluding hydrogens is 437 g/mol. The second-order valence-electron chi connectivity index (χ2n) is 8.61. The Morgan fingerprint density at radius 3 is 2.29 bits per heavy atom. The molecule has 3 amide bonds. The van der Waals surface area contributed by atoms with Gasteiger partial charge in [0.25, 0.3) is 11.8 Å². The smallest absolute Gasteiger partial charge is 0.254 e. The summed E-state index contributed by atoms with van der Waals surface area (Å²) in [5, 5.41) is 5.68. The Morgan fingerprint density at radius 1 is 1.06 bits per heavy atom. The summed E-state index contributed by atoms with van der Waals surface area (Å²) >= 11 is 0. The standard InChI is InChI=1S/C26H32FN3O4/c1-4-17(2)28-25(32)23(29-24(31)21-7-5-6-8-22(21)27)18-13-15-30(16-14-18)26(33)19-9-11-20(34-3)12-10-19/h5-12,17-18,23H,4,13-16H2,1-3H3,(H,28,32)(H,29,31)/t17-,23-/m1/s1. The molecule has 0 spiro atoms. The van der Waals surface area contributed by atoms with Gasteiger partial charge in [-0.2, -0.15) is 0 Å². The fourth-order valence-corrected chi connectivity index (χ4v) is 4.05. The molecule has 0 radical (unpaired) electrons. The molecule has 34 heavy (non-hydrogen) atoms. The van der Waals surface area contributed by atoms with Crippen molar-refractivity contribution in [1.29, 1.82) is 0 Å². The highest BCUT2D eigenvalue weighted by molar-refractivity contribution is 5.98. The van der Waals surface area contributed by atoms with E-state index in [1.165, 1.54) is 18.2 Å². The Morgan fingerprint density at radius 2 is 1.71 bits per heavy atom. The minimum atomic E-state index is -0.820. The fourth-order valence-electron chi connectivity index (χ4n) is 4.05. The van der Waals surface area contributed by atoms with E-state index in [1.54, 1.807) is 42.3 Å². The molecule has 2 atom stereocenters. The van der Waals surface area contributed by atoms with E-state index in [1.807, 2.05) is 13.8 Å². The Bertz CT molecular complexity index is 1000. The molecule has 8 heteroatoms. The van der Waals surface area contributed by atoms with Crippen LogP contribution < -0.4 is 15.4 Å². The molecule has 182 valence electrons. The number of halogens is 1. The molecule has 1 saturated heterocycles. The van der Waals surface area contributed by atoms with Gasteiger partial charge in [-0.25, -0.2) is 4.39 Å². The maximum Gasteiger partial charge on any atom is 0.254 e. The van der Waals surface area contributed by atoms with Crippen molar-refractivity contribution in [2.24, 2.45) is 5.92 Å². The van der Waals surface area contributed by atoms with Gasteiger partial charge < -0.3 is 20.3 Å². The lowest BCUT2D eigenvalue weighted by Crippen LogP contribution is -2.55. The van der Waals surface area contributed by atoms with Gasteiger partial charge in [0.05, 0.1) is 12.7 Å². The van der Waals surface area contributed by atoms with Crippen LogP contribution in [0.2, 0.25) is 0 Å². The second kappa shape index (κ2) is 11.6. The monoisotopic (exact) mass is 469 g/mol. The van der Waals surface area contributed by atoms with Gasteiger partial charge in [-0.3, -0.25) is 14.4 Å². The summed E-state index contributed by atoms with van der Waals surface area (Å²) in [6, 6.07) is 11.8. The molecule has 0 bridgehead atoms. The molecule has 1 aliphatic heterocycles. The number of benzene rings is 2. The van der Waals surface area contributed by atoms with E-state index >= 15 is 0 Å². The number of carbonyl (C=O) groups is 3. The number of methoxy groups -OCH3 is 1. The molecular formula is C26H32FN3O4. The average molecular weight is 470 g/mol. The fraction of sp³-hybridized carbons (Fsp3) is 0.423. The molecule has 2 N–H and O–H groups in total. The van der Waals surface area contributed by atoms with Gasteiger partial charge in [-0.1, -0.05) is 19.1 Å². The van der Waals surface area contributed by atoms with Gasteiger partial charge in [0.1, 0.15) is 17.6 Å². The third-order valence-electron chi connectivity index (χ3n) is 6.32. The van der Waals surface area contributed by atoms with Crippen LogP contribution in [0, 0.1) is 11.7 Å². The van der Waals surface area contributed by atoms with Crippen molar-refractivity contribution in [1.82, 2.24) is 15.5 Å². The first-order chi connectivity index (χ1) is 16.3. The Hall–Kier alpha value is -3.42. The number of ether oxygens (including phenoxy) is 1. The van der Waals surface area contributed by atoms with Crippen LogP contribution >= 0.6 is 0 Å². The summed E-state index contributed by atoms with van der Waals surface area (Å²) in [5.74, 6) is -1.15. The minimum absolute atomic E-state index is 0.0582. The Kier molecular flexibility index (Phi) is 8.62. The van der Waals surface area contributed by atoms with Crippen molar-refractivity contribution in [3.05, 3.63) is 65.5 Å². The van der Waals surface area contributed by atoms with Crippen LogP contribution in [0.1, 0.15) is 53.8 Å². The molecule has 0 unspecified atom stereocenters. The van der Waals surface area contributed by atoms with Crippen molar-refractivity contribution in [3.8, 4) is 5.75 Å². The van der Waals surface area contributed by atoms with Crippen LogP contribution in [0.4, 0.5) is 4.39 Å². The van der Waals surface area contributed by atoms with Crippen molar-refractivity contribution in [2.75, 3.05) is 20.2 Å². The summed E-state index contributed by atoms with van der Waals surface area (Å²) in [7, 11) is 1.57. The van der Waals surface area contributed by atoms with E-state index in [0.29, 0.717) is 37.2 Å². The number of carbonyl (C=O) groups excluding carboxylic acids is 3. The highest BCUT2D eigenvalue weighted by Crippen LogP contribution is 2.24. The summed E-state index contributed by atoms with van der Waals surface area (Å²) in [6.07, 6.45) is 1.82. The van der Waals surface area contributed by atoms with Gasteiger partial charge in [-0.05, 0) is 68.5 Å². The van der Waals surface area contributed by atoms with E-state index in [9.17, 15) is 18.8 Å². The van der Waals surface area contributed by atoms with Crippen molar-refractivity contribution >= 4 is 17.7 Å². The van der Waals surface area contributed by atoms with E-state index in [0.717, 1.165) is 6.42 Å². The van der Waals surface area contributed by atoms with Crippen LogP contribution in [0.25, 0.3) is 0 Å². The molecule has 0 aliphatic carbocycles. The zero-order valence-electron chi connectivity index (χ0n) is 19.8. The first-order valence-corrected chi connectivity index (χ1v) is 11.6. The lowest BCUT2D eigenvalue weighted by atomic mass is 9.88. The number of hydrogen-bond acceptors (Lipinski definition) is 4. The summed E-state index contributed by atoms with van der Waals surface area (Å²) in [6.45, 7) is 4.77. The first-order valence-electron chi connectivity index (χ1n) is 11.6. The van der Waals surface area contributed by atoms with Crippen LogP contribution in [0.5, 0.6) is 5.75 Å². The minimum Gasteiger partial charge on any atom is -0.497 e. The van der Waals surface area contributed by atoms with E-state index in [-0.39, 0.29) is 29.3 Å².